The maximum atomic E-state index is 13.0. The van der Waals surface area contributed by atoms with Gasteiger partial charge in [0.15, 0.2) is 6.04 Å². The van der Waals surface area contributed by atoms with Crippen molar-refractivity contribution in [1.29, 1.82) is 0 Å². The minimum absolute atomic E-state index is 0.236. The van der Waals surface area contributed by atoms with Gasteiger partial charge < -0.3 is 15.0 Å². The van der Waals surface area contributed by atoms with E-state index >= 15 is 0 Å². The van der Waals surface area contributed by atoms with Crippen molar-refractivity contribution >= 4 is 23.5 Å². The standard InChI is InChI=1S/C17H14ClN5O3/c18-12-8-10(23-6-1-5-21-23)2-3-11(12)16(24)22-7-4-13-14(20-9-19-13)15(22)17(25)26/h1-3,5-6,8-9,15H,4,7H2,(H,19,20)(H,25,26)/t15-/m1/s1. The Labute approximate surface area is 153 Å². The van der Waals surface area contributed by atoms with Crippen LogP contribution in [0.1, 0.15) is 27.8 Å². The van der Waals surface area contributed by atoms with E-state index in [1.54, 1.807) is 41.3 Å². The van der Waals surface area contributed by atoms with Crippen LogP contribution in [0.25, 0.3) is 5.69 Å². The van der Waals surface area contributed by atoms with E-state index < -0.39 is 17.9 Å². The second-order valence-electron chi connectivity index (χ2n) is 5.87. The van der Waals surface area contributed by atoms with Crippen molar-refractivity contribution in [3.63, 3.8) is 0 Å². The predicted octanol–water partition coefficient (Wildman–Crippen LogP) is 2.07. The van der Waals surface area contributed by atoms with Crippen molar-refractivity contribution in [3.8, 4) is 5.69 Å². The number of carbonyl (C=O) groups is 2. The highest BCUT2D eigenvalue weighted by Gasteiger charge is 2.38. The van der Waals surface area contributed by atoms with E-state index in [1.807, 2.05) is 0 Å². The van der Waals surface area contributed by atoms with Crippen LogP contribution in [0.5, 0.6) is 0 Å². The Bertz CT molecular complexity index is 982. The number of amides is 1. The van der Waals surface area contributed by atoms with Gasteiger partial charge in [-0.1, -0.05) is 11.6 Å². The van der Waals surface area contributed by atoms with E-state index in [0.717, 1.165) is 5.69 Å². The number of aliphatic carboxylic acids is 1. The van der Waals surface area contributed by atoms with Crippen LogP contribution in [0.3, 0.4) is 0 Å². The molecule has 2 N–H and O–H groups in total. The Morgan fingerprint density at radius 1 is 1.35 bits per heavy atom. The molecule has 1 aliphatic heterocycles. The molecule has 8 nitrogen and oxygen atoms in total. The lowest BCUT2D eigenvalue weighted by molar-refractivity contribution is -0.143. The van der Waals surface area contributed by atoms with E-state index in [0.29, 0.717) is 17.8 Å². The van der Waals surface area contributed by atoms with E-state index in [9.17, 15) is 14.7 Å². The van der Waals surface area contributed by atoms with Crippen molar-refractivity contribution < 1.29 is 14.7 Å². The number of hydrogen-bond acceptors (Lipinski definition) is 4. The first kappa shape index (κ1) is 16.3. The highest BCUT2D eigenvalue weighted by molar-refractivity contribution is 6.34. The third-order valence-electron chi connectivity index (χ3n) is 4.37. The minimum Gasteiger partial charge on any atom is -0.479 e. The maximum absolute atomic E-state index is 13.0. The third kappa shape index (κ3) is 2.64. The van der Waals surface area contributed by atoms with Crippen molar-refractivity contribution in [2.75, 3.05) is 6.54 Å². The van der Waals surface area contributed by atoms with Crippen LogP contribution in [-0.2, 0) is 11.2 Å². The number of imidazole rings is 1. The molecular weight excluding hydrogens is 358 g/mol. The van der Waals surface area contributed by atoms with E-state index in [1.165, 1.54) is 11.2 Å². The molecule has 2 aromatic heterocycles. The highest BCUT2D eigenvalue weighted by Crippen LogP contribution is 2.31. The largest absolute Gasteiger partial charge is 0.479 e. The van der Waals surface area contributed by atoms with Crippen LogP contribution in [0.15, 0.2) is 43.0 Å². The van der Waals surface area contributed by atoms with Gasteiger partial charge in [-0.25, -0.2) is 14.5 Å². The summed E-state index contributed by atoms with van der Waals surface area (Å²) in [5.74, 6) is -1.57. The molecule has 1 atom stereocenters. The van der Waals surface area contributed by atoms with Crippen LogP contribution < -0.4 is 0 Å². The molecule has 1 aromatic carbocycles. The Morgan fingerprint density at radius 3 is 2.88 bits per heavy atom. The summed E-state index contributed by atoms with van der Waals surface area (Å²) in [6.07, 6.45) is 5.35. The molecule has 3 heterocycles. The van der Waals surface area contributed by atoms with Crippen LogP contribution >= 0.6 is 11.6 Å². The summed E-state index contributed by atoms with van der Waals surface area (Å²) in [6.45, 7) is 0.266. The number of aromatic amines is 1. The van der Waals surface area contributed by atoms with E-state index in [4.69, 9.17) is 11.6 Å². The quantitative estimate of drug-likeness (QED) is 0.733. The van der Waals surface area contributed by atoms with Gasteiger partial charge in [-0.15, -0.1) is 0 Å². The molecule has 1 amide bonds. The van der Waals surface area contributed by atoms with Gasteiger partial charge in [0.1, 0.15) is 0 Å². The van der Waals surface area contributed by atoms with Gasteiger partial charge >= 0.3 is 5.97 Å². The number of nitrogens with one attached hydrogen (secondary N) is 1. The molecule has 26 heavy (non-hydrogen) atoms. The fourth-order valence-electron chi connectivity index (χ4n) is 3.14. The molecule has 0 fully saturated rings. The van der Waals surface area contributed by atoms with Gasteiger partial charge in [0.25, 0.3) is 5.91 Å². The summed E-state index contributed by atoms with van der Waals surface area (Å²) >= 11 is 6.31. The normalized spacial score (nSPS) is 16.3. The number of H-pyrrole nitrogens is 1. The molecule has 0 bridgehead atoms. The van der Waals surface area contributed by atoms with Gasteiger partial charge in [-0.2, -0.15) is 5.10 Å². The zero-order chi connectivity index (χ0) is 18.3. The first-order valence-electron chi connectivity index (χ1n) is 7.91. The van der Waals surface area contributed by atoms with Crippen LogP contribution in [0.2, 0.25) is 5.02 Å². The molecule has 9 heteroatoms. The van der Waals surface area contributed by atoms with Crippen molar-refractivity contribution in [2.45, 2.75) is 12.5 Å². The monoisotopic (exact) mass is 371 g/mol. The number of halogens is 1. The smallest absolute Gasteiger partial charge is 0.332 e. The number of benzene rings is 1. The highest BCUT2D eigenvalue weighted by atomic mass is 35.5. The number of fused-ring (bicyclic) bond motifs is 1. The Hall–Kier alpha value is -3.13. The summed E-state index contributed by atoms with van der Waals surface area (Å²) in [4.78, 5) is 33.0. The number of hydrogen-bond donors (Lipinski definition) is 2. The third-order valence-corrected chi connectivity index (χ3v) is 4.68. The summed E-state index contributed by atoms with van der Waals surface area (Å²) in [7, 11) is 0. The first-order chi connectivity index (χ1) is 12.6. The molecule has 132 valence electrons. The lowest BCUT2D eigenvalue weighted by Gasteiger charge is -2.32. The molecule has 4 rings (SSSR count). The second kappa shape index (κ2) is 6.30. The summed E-state index contributed by atoms with van der Waals surface area (Å²) < 4.78 is 1.62. The number of carboxylic acids is 1. The number of aromatic nitrogens is 4. The maximum Gasteiger partial charge on any atom is 0.332 e. The van der Waals surface area contributed by atoms with Gasteiger partial charge in [-0.3, -0.25) is 4.79 Å². The molecule has 0 saturated carbocycles. The summed E-state index contributed by atoms with van der Waals surface area (Å²) in [5, 5.41) is 14.0. The minimum atomic E-state index is -1.14. The van der Waals surface area contributed by atoms with E-state index in [2.05, 4.69) is 15.1 Å². The molecule has 0 aliphatic carbocycles. The number of rotatable bonds is 3. The molecule has 0 radical (unpaired) electrons. The zero-order valence-electron chi connectivity index (χ0n) is 13.5. The average Bonchev–Trinajstić information content (AvgIpc) is 3.31. The van der Waals surface area contributed by atoms with Gasteiger partial charge in [0, 0.05) is 31.1 Å². The Morgan fingerprint density at radius 2 is 2.19 bits per heavy atom. The summed E-state index contributed by atoms with van der Waals surface area (Å²) in [5.41, 5.74) is 2.05. The molecular formula is C17H14ClN5O3. The lowest BCUT2D eigenvalue weighted by Crippen LogP contribution is -2.43. The van der Waals surface area contributed by atoms with Gasteiger partial charge in [0.2, 0.25) is 0 Å². The molecule has 3 aromatic rings. The summed E-state index contributed by atoms with van der Waals surface area (Å²) in [6, 6.07) is 5.56. The molecule has 0 saturated heterocycles. The van der Waals surface area contributed by atoms with Crippen LogP contribution in [0, 0.1) is 0 Å². The Kier molecular flexibility index (Phi) is 3.96. The SMILES string of the molecule is O=C(O)[C@H]1c2nc[nH]c2CCN1C(=O)c1ccc(-n2cccn2)cc1Cl. The van der Waals surface area contributed by atoms with E-state index in [-0.39, 0.29) is 17.1 Å². The number of nitrogens with zero attached hydrogens (tertiary/aromatic N) is 4. The number of carbonyl (C=O) groups excluding carboxylic acids is 1. The second-order valence-corrected chi connectivity index (χ2v) is 6.28. The van der Waals surface area contributed by atoms with Gasteiger partial charge in [0.05, 0.1) is 28.3 Å². The van der Waals surface area contributed by atoms with Gasteiger partial charge in [-0.05, 0) is 24.3 Å². The fourth-order valence-corrected chi connectivity index (χ4v) is 3.40. The van der Waals surface area contributed by atoms with Crippen LogP contribution in [0.4, 0.5) is 0 Å². The number of carboxylic acid groups (broad SMARTS) is 1. The fraction of sp³-hybridized carbons (Fsp3) is 0.176. The molecule has 0 unspecified atom stereocenters. The Balaban J connectivity index is 1.68. The lowest BCUT2D eigenvalue weighted by atomic mass is 10.0. The van der Waals surface area contributed by atoms with Crippen molar-refractivity contribution in [2.24, 2.45) is 0 Å². The molecule has 1 aliphatic rings. The van der Waals surface area contributed by atoms with Crippen molar-refractivity contribution in [1.82, 2.24) is 24.6 Å². The zero-order valence-corrected chi connectivity index (χ0v) is 14.2. The molecule has 0 spiro atoms. The van der Waals surface area contributed by atoms with Crippen LogP contribution in [-0.4, -0.2) is 48.2 Å². The topological polar surface area (TPSA) is 104 Å². The predicted molar refractivity (Wildman–Crippen MR) is 92.3 cm³/mol. The first-order valence-corrected chi connectivity index (χ1v) is 8.29. The van der Waals surface area contributed by atoms with Crippen molar-refractivity contribution in [3.05, 3.63) is 65.0 Å². The average molecular weight is 372 g/mol.